The number of ketones is 1. The van der Waals surface area contributed by atoms with Crippen molar-refractivity contribution in [2.24, 2.45) is 11.8 Å². The number of carbonyl (C=O) groups excluding carboxylic acids is 4. The summed E-state index contributed by atoms with van der Waals surface area (Å²) in [7, 11) is 0. The highest BCUT2D eigenvalue weighted by Crippen LogP contribution is 2.60. The van der Waals surface area contributed by atoms with E-state index in [1.165, 1.54) is 11.8 Å². The molecule has 3 aromatic carbocycles. The molecule has 36 heavy (non-hydrogen) atoms. The predicted octanol–water partition coefficient (Wildman–Crippen LogP) is 4.39. The fourth-order valence-corrected chi connectivity index (χ4v) is 6.34. The molecule has 6 nitrogen and oxygen atoms in total. The maximum absolute atomic E-state index is 13.6. The zero-order valence-electron chi connectivity index (χ0n) is 20.1. The van der Waals surface area contributed by atoms with Gasteiger partial charge in [0.15, 0.2) is 5.78 Å². The third-order valence-corrected chi connectivity index (χ3v) is 7.82. The van der Waals surface area contributed by atoms with E-state index in [-0.39, 0.29) is 48.1 Å². The van der Waals surface area contributed by atoms with Crippen molar-refractivity contribution in [2.45, 2.75) is 32.1 Å². The van der Waals surface area contributed by atoms with Crippen molar-refractivity contribution in [1.29, 1.82) is 0 Å². The zero-order valence-corrected chi connectivity index (χ0v) is 20.1. The van der Waals surface area contributed by atoms with Gasteiger partial charge in [0.05, 0.1) is 23.8 Å². The summed E-state index contributed by atoms with van der Waals surface area (Å²) in [4.78, 5) is 53.1. The van der Waals surface area contributed by atoms with E-state index >= 15 is 0 Å². The van der Waals surface area contributed by atoms with Gasteiger partial charge in [0.2, 0.25) is 11.8 Å². The van der Waals surface area contributed by atoms with Crippen molar-refractivity contribution < 1.29 is 23.9 Å². The third-order valence-electron chi connectivity index (χ3n) is 7.82. The van der Waals surface area contributed by atoms with Crippen LogP contribution in [0.4, 0.5) is 0 Å². The second-order valence-corrected chi connectivity index (χ2v) is 9.87. The van der Waals surface area contributed by atoms with Crippen LogP contribution in [0.15, 0.2) is 66.7 Å². The smallest absolute Gasteiger partial charge is 0.313 e. The van der Waals surface area contributed by atoms with E-state index < -0.39 is 17.8 Å². The Morgan fingerprint density at radius 3 is 1.78 bits per heavy atom. The molecule has 2 atom stereocenters. The monoisotopic (exact) mass is 479 g/mol. The van der Waals surface area contributed by atoms with Gasteiger partial charge in [0, 0.05) is 18.4 Å². The molecule has 0 unspecified atom stereocenters. The number of Topliss-reactive ketones (excluding diaryl/α,β-unsaturated/α-hetero) is 1. The van der Waals surface area contributed by atoms with Crippen molar-refractivity contribution in [1.82, 2.24) is 4.90 Å². The zero-order chi connectivity index (χ0) is 25.1. The third kappa shape index (κ3) is 3.24. The van der Waals surface area contributed by atoms with Crippen LogP contribution in [0.25, 0.3) is 0 Å². The number of hydrogen-bond acceptors (Lipinski definition) is 5. The Morgan fingerprint density at radius 1 is 0.806 bits per heavy atom. The van der Waals surface area contributed by atoms with Crippen molar-refractivity contribution in [3.05, 3.63) is 100 Å². The van der Waals surface area contributed by atoms with Gasteiger partial charge in [0.1, 0.15) is 5.75 Å². The Kier molecular flexibility index (Phi) is 5.14. The number of benzene rings is 3. The summed E-state index contributed by atoms with van der Waals surface area (Å²) < 4.78 is 5.46. The number of rotatable bonds is 5. The first-order chi connectivity index (χ1) is 17.4. The van der Waals surface area contributed by atoms with Crippen molar-refractivity contribution >= 4 is 23.6 Å². The normalized spacial score (nSPS) is 23.2. The molecule has 0 N–H and O–H groups in total. The van der Waals surface area contributed by atoms with Crippen LogP contribution in [0.5, 0.6) is 5.75 Å². The number of amides is 2. The molecule has 7 rings (SSSR count). The summed E-state index contributed by atoms with van der Waals surface area (Å²) in [5.74, 6) is -2.34. The minimum atomic E-state index is -0.591. The van der Waals surface area contributed by atoms with Gasteiger partial charge in [-0.05, 0) is 48.2 Å². The van der Waals surface area contributed by atoms with Gasteiger partial charge in [-0.3, -0.25) is 24.1 Å². The van der Waals surface area contributed by atoms with E-state index in [2.05, 4.69) is 24.3 Å². The van der Waals surface area contributed by atoms with Crippen LogP contribution >= 0.6 is 0 Å². The molecule has 6 heteroatoms. The summed E-state index contributed by atoms with van der Waals surface area (Å²) >= 11 is 0. The molecular weight excluding hydrogens is 454 g/mol. The molecule has 180 valence electrons. The molecule has 0 aromatic heterocycles. The van der Waals surface area contributed by atoms with E-state index in [0.29, 0.717) is 5.56 Å². The number of aryl methyl sites for hydroxylation is 1. The van der Waals surface area contributed by atoms with Gasteiger partial charge in [-0.1, -0.05) is 60.2 Å². The molecule has 0 spiro atoms. The molecule has 2 bridgehead atoms. The molecule has 3 aliphatic carbocycles. The molecule has 1 aliphatic heterocycles. The second-order valence-electron chi connectivity index (χ2n) is 9.87. The van der Waals surface area contributed by atoms with Crippen molar-refractivity contribution in [2.75, 3.05) is 6.54 Å². The van der Waals surface area contributed by atoms with Gasteiger partial charge in [-0.2, -0.15) is 0 Å². The fraction of sp³-hybridized carbons (Fsp3) is 0.267. The first kappa shape index (κ1) is 22.4. The summed E-state index contributed by atoms with van der Waals surface area (Å²) in [5.41, 5.74) is 5.66. The molecule has 0 radical (unpaired) electrons. The van der Waals surface area contributed by atoms with Gasteiger partial charge < -0.3 is 4.74 Å². The van der Waals surface area contributed by atoms with Crippen molar-refractivity contribution in [3.8, 4) is 5.75 Å². The Bertz CT molecular complexity index is 1340. The van der Waals surface area contributed by atoms with Crippen LogP contribution in [0.3, 0.4) is 0 Å². The molecule has 1 heterocycles. The van der Waals surface area contributed by atoms with Gasteiger partial charge >= 0.3 is 5.97 Å². The molecule has 1 fully saturated rings. The van der Waals surface area contributed by atoms with E-state index in [0.717, 1.165) is 27.8 Å². The molecule has 0 saturated carbocycles. The maximum atomic E-state index is 13.6. The van der Waals surface area contributed by atoms with Gasteiger partial charge in [-0.25, -0.2) is 0 Å². The highest BCUT2D eigenvalue weighted by atomic mass is 16.5. The lowest BCUT2D eigenvalue weighted by Crippen LogP contribution is -2.41. The number of hydrogen-bond donors (Lipinski definition) is 0. The van der Waals surface area contributed by atoms with Gasteiger partial charge in [-0.15, -0.1) is 0 Å². The Balaban J connectivity index is 1.25. The molecule has 4 aliphatic rings. The topological polar surface area (TPSA) is 80.8 Å². The van der Waals surface area contributed by atoms with E-state index in [1.807, 2.05) is 31.2 Å². The van der Waals surface area contributed by atoms with E-state index in [4.69, 9.17) is 4.74 Å². The minimum Gasteiger partial charge on any atom is -0.426 e. The SMILES string of the molecule is CC(=O)c1cc(C)ccc1OC(=O)CCN1C(=O)[C@@H]2C3c4ccccc4C(c4ccccc43)[C@@H]2C1=O. The van der Waals surface area contributed by atoms with Crippen LogP contribution < -0.4 is 4.74 Å². The number of ether oxygens (including phenoxy) is 1. The Hall–Kier alpha value is -4.06. The summed E-state index contributed by atoms with van der Waals surface area (Å²) in [6.07, 6.45) is -0.141. The van der Waals surface area contributed by atoms with Crippen LogP contribution in [0.1, 0.15) is 63.4 Å². The quantitative estimate of drug-likeness (QED) is 0.235. The van der Waals surface area contributed by atoms with E-state index in [9.17, 15) is 19.2 Å². The molecule has 3 aromatic rings. The largest absolute Gasteiger partial charge is 0.426 e. The number of likely N-dealkylation sites (tertiary alicyclic amines) is 1. The van der Waals surface area contributed by atoms with Crippen LogP contribution in [0.2, 0.25) is 0 Å². The average molecular weight is 480 g/mol. The van der Waals surface area contributed by atoms with Gasteiger partial charge in [0.25, 0.3) is 0 Å². The number of imide groups is 1. The predicted molar refractivity (Wildman–Crippen MR) is 132 cm³/mol. The second kappa shape index (κ2) is 8.26. The lowest BCUT2D eigenvalue weighted by atomic mass is 9.55. The Labute approximate surface area is 208 Å². The van der Waals surface area contributed by atoms with Crippen LogP contribution in [-0.2, 0) is 14.4 Å². The first-order valence-electron chi connectivity index (χ1n) is 12.2. The highest BCUT2D eigenvalue weighted by molar-refractivity contribution is 6.08. The highest BCUT2D eigenvalue weighted by Gasteiger charge is 2.61. The lowest BCUT2D eigenvalue weighted by molar-refractivity contribution is -0.141. The summed E-state index contributed by atoms with van der Waals surface area (Å²) in [6.45, 7) is 3.22. The molecular formula is C30H25NO5. The number of esters is 1. The standard InChI is InChI=1S/C30H25NO5/c1-16-11-12-23(22(15-16)17(2)32)36-24(33)13-14-31-29(34)27-25-18-7-3-4-8-19(18)26(28(27)30(31)35)21-10-6-5-9-20(21)25/h3-12,15,25-28H,13-14H2,1-2H3/t25?,26?,27-,28+. The number of nitrogens with zero attached hydrogens (tertiary/aromatic N) is 1. The fourth-order valence-electron chi connectivity index (χ4n) is 6.34. The minimum absolute atomic E-state index is 0.0447. The Morgan fingerprint density at radius 2 is 1.31 bits per heavy atom. The average Bonchev–Trinajstić information content (AvgIpc) is 3.13. The van der Waals surface area contributed by atoms with Crippen molar-refractivity contribution in [3.63, 3.8) is 0 Å². The summed E-state index contributed by atoms with van der Waals surface area (Å²) in [6, 6.07) is 21.2. The lowest BCUT2D eigenvalue weighted by Gasteiger charge is -2.45. The molecule has 1 saturated heterocycles. The number of carbonyl (C=O) groups is 4. The van der Waals surface area contributed by atoms with Crippen LogP contribution in [-0.4, -0.2) is 35.0 Å². The van der Waals surface area contributed by atoms with E-state index in [1.54, 1.807) is 18.2 Å². The van der Waals surface area contributed by atoms with Crippen LogP contribution in [0, 0.1) is 18.8 Å². The first-order valence-corrected chi connectivity index (χ1v) is 12.2. The molecule has 2 amide bonds. The maximum Gasteiger partial charge on any atom is 0.313 e. The summed E-state index contributed by atoms with van der Waals surface area (Å²) in [5, 5.41) is 0.